The van der Waals surface area contributed by atoms with E-state index in [1.807, 2.05) is 0 Å². The maximum atomic E-state index is 13.8. The first-order valence-electron chi connectivity index (χ1n) is 9.18. The van der Waals surface area contributed by atoms with Gasteiger partial charge in [-0.2, -0.15) is 23.1 Å². The zero-order valence-electron chi connectivity index (χ0n) is 16.7. The molecule has 9 nitrogen and oxygen atoms in total. The molecule has 172 valence electrons. The van der Waals surface area contributed by atoms with Crippen molar-refractivity contribution < 1.29 is 31.5 Å². The number of benzene rings is 2. The van der Waals surface area contributed by atoms with Crippen molar-refractivity contribution in [2.24, 2.45) is 5.50 Å². The average molecular weight is 482 g/mol. The Morgan fingerprint density at radius 2 is 1.79 bits per heavy atom. The fourth-order valence-electron chi connectivity index (χ4n) is 3.09. The van der Waals surface area contributed by atoms with Crippen molar-refractivity contribution in [2.75, 3.05) is 5.32 Å². The van der Waals surface area contributed by atoms with Gasteiger partial charge in [-0.15, -0.1) is 0 Å². The van der Waals surface area contributed by atoms with Crippen molar-refractivity contribution in [1.29, 1.82) is 0 Å². The Labute approximate surface area is 183 Å². The molecule has 1 unspecified atom stereocenters. The highest BCUT2D eigenvalue weighted by Gasteiger charge is 2.30. The van der Waals surface area contributed by atoms with Gasteiger partial charge in [-0.3, -0.25) is 4.57 Å². The molecule has 14 heteroatoms. The summed E-state index contributed by atoms with van der Waals surface area (Å²) in [4.78, 5) is 21.9. The minimum atomic E-state index is -4.51. The number of aromatic nitrogens is 4. The van der Waals surface area contributed by atoms with E-state index in [0.717, 1.165) is 24.3 Å². The summed E-state index contributed by atoms with van der Waals surface area (Å²) in [7, 11) is -4.51. The largest absolute Gasteiger partial charge is 0.454 e. The second kappa shape index (κ2) is 8.10. The molecule has 4 rings (SSSR count). The third-order valence-electron chi connectivity index (χ3n) is 4.40. The van der Waals surface area contributed by atoms with Crippen LogP contribution in [0.1, 0.15) is 11.4 Å². The average Bonchev–Trinajstić information content (AvgIpc) is 3.01. The molecule has 0 fully saturated rings. The second-order valence-corrected chi connectivity index (χ2v) is 8.18. The topological polar surface area (TPSA) is 128 Å². The predicted octanol–water partition coefficient (Wildman–Crippen LogP) is 4.46. The number of aryl methyl sites for hydroxylation is 1. The Kier molecular flexibility index (Phi) is 5.56. The fraction of sp³-hybridized carbons (Fsp3) is 0.105. The molecule has 0 aliphatic rings. The maximum Gasteiger partial charge on any atom is 0.454 e. The van der Waals surface area contributed by atoms with Crippen LogP contribution in [0.5, 0.6) is 5.88 Å². The van der Waals surface area contributed by atoms with Crippen LogP contribution in [0.2, 0.25) is 0 Å². The summed E-state index contributed by atoms with van der Waals surface area (Å²) in [5.41, 5.74) is 5.22. The lowest BCUT2D eigenvalue weighted by atomic mass is 10.2. The van der Waals surface area contributed by atoms with Gasteiger partial charge in [-0.25, -0.2) is 19.4 Å². The Morgan fingerprint density at radius 3 is 2.42 bits per heavy atom. The van der Waals surface area contributed by atoms with Gasteiger partial charge in [-0.05, 0) is 43.3 Å². The molecule has 0 bridgehead atoms. The zero-order chi connectivity index (χ0) is 24.0. The number of hydrogen-bond acceptors (Lipinski definition) is 6. The molecule has 2 heterocycles. The monoisotopic (exact) mass is 482 g/mol. The summed E-state index contributed by atoms with van der Waals surface area (Å²) in [6.45, 7) is 1.63. The molecule has 2 aromatic heterocycles. The number of rotatable bonds is 5. The number of anilines is 2. The molecular formula is C19H15F4N6O3P. The van der Waals surface area contributed by atoms with Crippen molar-refractivity contribution in [3.05, 3.63) is 65.7 Å². The third-order valence-corrected chi connectivity index (χ3v) is 4.84. The zero-order valence-corrected chi connectivity index (χ0v) is 17.6. The van der Waals surface area contributed by atoms with Crippen LogP contribution in [0.15, 0.2) is 48.5 Å². The molecule has 0 radical (unpaired) electrons. The molecule has 0 saturated heterocycles. The van der Waals surface area contributed by atoms with Crippen molar-refractivity contribution in [3.63, 3.8) is 0 Å². The Morgan fingerprint density at radius 1 is 1.09 bits per heavy atom. The molecule has 0 spiro atoms. The lowest BCUT2D eigenvalue weighted by Crippen LogP contribution is -2.08. The Balaban J connectivity index is 1.80. The van der Waals surface area contributed by atoms with Crippen LogP contribution in [0, 0.1) is 12.7 Å². The normalized spacial score (nSPS) is 13.7. The Hall–Kier alpha value is -3.54. The summed E-state index contributed by atoms with van der Waals surface area (Å²) < 4.78 is 70.1. The second-order valence-electron chi connectivity index (χ2n) is 6.87. The first-order valence-corrected chi connectivity index (χ1v) is 10.8. The molecular weight excluding hydrogens is 467 g/mol. The summed E-state index contributed by atoms with van der Waals surface area (Å²) >= 11 is 0. The van der Waals surface area contributed by atoms with Gasteiger partial charge in [0, 0.05) is 17.8 Å². The third kappa shape index (κ3) is 5.11. The van der Waals surface area contributed by atoms with Crippen molar-refractivity contribution in [1.82, 2.24) is 19.5 Å². The summed E-state index contributed by atoms with van der Waals surface area (Å²) in [5, 5.41) is 2.70. The molecule has 0 aliphatic heterocycles. The summed E-state index contributed by atoms with van der Waals surface area (Å²) in [5.74, 6) is -0.637. The minimum absolute atomic E-state index is 0.0773. The van der Waals surface area contributed by atoms with E-state index in [2.05, 4.69) is 20.3 Å². The highest BCUT2D eigenvalue weighted by atomic mass is 31.2. The minimum Gasteiger partial charge on any atom is -0.395 e. The number of alkyl halides is 3. The van der Waals surface area contributed by atoms with Gasteiger partial charge in [-0.1, -0.05) is 0 Å². The number of nitrogens with zero attached hydrogens (tertiary/aromatic N) is 4. The molecule has 33 heavy (non-hydrogen) atoms. The summed E-state index contributed by atoms with van der Waals surface area (Å²) in [6.07, 6.45) is -4.51. The van der Waals surface area contributed by atoms with Crippen LogP contribution in [-0.4, -0.2) is 24.4 Å². The van der Waals surface area contributed by atoms with Crippen LogP contribution < -0.4 is 15.3 Å². The molecule has 4 aromatic rings. The lowest BCUT2D eigenvalue weighted by molar-refractivity contribution is -0.137. The van der Waals surface area contributed by atoms with Gasteiger partial charge in [0.05, 0.1) is 16.6 Å². The lowest BCUT2D eigenvalue weighted by Gasteiger charge is -2.13. The van der Waals surface area contributed by atoms with E-state index >= 15 is 0 Å². The smallest absolute Gasteiger partial charge is 0.395 e. The van der Waals surface area contributed by atoms with E-state index in [0.29, 0.717) is 16.9 Å². The number of fused-ring (bicyclic) bond motifs is 1. The van der Waals surface area contributed by atoms with Crippen molar-refractivity contribution in [3.8, 4) is 11.7 Å². The van der Waals surface area contributed by atoms with Gasteiger partial charge in [0.25, 0.3) is 0 Å². The highest BCUT2D eigenvalue weighted by molar-refractivity contribution is 7.50. The maximum absolute atomic E-state index is 13.8. The SMILES string of the molecule is Cc1nc2ccc(F)cc2n1-c1cc(OP(N)(=O)O)nc(Nc2ccc(C(F)(F)F)cc2)n1. The first kappa shape index (κ1) is 22.6. The molecule has 0 aliphatic carbocycles. The van der Waals surface area contributed by atoms with E-state index in [9.17, 15) is 27.0 Å². The van der Waals surface area contributed by atoms with Gasteiger partial charge < -0.3 is 14.7 Å². The molecule has 4 N–H and O–H groups in total. The predicted molar refractivity (Wildman–Crippen MR) is 111 cm³/mol. The fourth-order valence-corrected chi connectivity index (χ4v) is 3.46. The summed E-state index contributed by atoms with van der Waals surface area (Å²) in [6, 6.07) is 9.16. The molecule has 2 aromatic carbocycles. The first-order chi connectivity index (χ1) is 15.4. The van der Waals surface area contributed by atoms with Crippen LogP contribution in [0.3, 0.4) is 0 Å². The van der Waals surface area contributed by atoms with Gasteiger partial charge in [0.2, 0.25) is 11.8 Å². The van der Waals surface area contributed by atoms with Crippen molar-refractivity contribution in [2.45, 2.75) is 13.1 Å². The van der Waals surface area contributed by atoms with E-state index < -0.39 is 31.2 Å². The number of halogens is 4. The standard InChI is InChI=1S/C19H15F4N6O3P/c1-10-25-14-7-4-12(20)8-15(14)29(10)16-9-17(32-33(24,30)31)28-18(27-16)26-13-5-2-11(3-6-13)19(21,22)23/h2-9H,1H3,(H3,24,30,31)(H,26,27,28). The Bertz CT molecular complexity index is 1390. The van der Waals surface area contributed by atoms with E-state index in [4.69, 9.17) is 10.0 Å². The number of hydrogen-bond donors (Lipinski definition) is 3. The van der Waals surface area contributed by atoms with Gasteiger partial charge in [0.1, 0.15) is 17.5 Å². The number of imidazole rings is 1. The van der Waals surface area contributed by atoms with Gasteiger partial charge in [0.15, 0.2) is 0 Å². The molecule has 0 saturated carbocycles. The van der Waals surface area contributed by atoms with E-state index in [1.165, 1.54) is 28.8 Å². The molecule has 0 amide bonds. The highest BCUT2D eigenvalue weighted by Crippen LogP contribution is 2.35. The van der Waals surface area contributed by atoms with Crippen LogP contribution >= 0.6 is 7.75 Å². The van der Waals surface area contributed by atoms with Crippen LogP contribution in [-0.2, 0) is 10.7 Å². The van der Waals surface area contributed by atoms with Crippen LogP contribution in [0.25, 0.3) is 16.9 Å². The quantitative estimate of drug-likeness (QED) is 0.281. The van der Waals surface area contributed by atoms with E-state index in [-0.39, 0.29) is 17.5 Å². The van der Waals surface area contributed by atoms with Crippen molar-refractivity contribution >= 4 is 30.4 Å². The van der Waals surface area contributed by atoms with Crippen LogP contribution in [0.4, 0.5) is 29.2 Å². The number of nitrogens with two attached hydrogens (primary N) is 1. The number of nitrogens with one attached hydrogen (secondary N) is 1. The molecule has 1 atom stereocenters. The van der Waals surface area contributed by atoms with Gasteiger partial charge >= 0.3 is 13.9 Å². The van der Waals surface area contributed by atoms with E-state index in [1.54, 1.807) is 6.92 Å².